The van der Waals surface area contributed by atoms with Gasteiger partial charge in [0.15, 0.2) is 5.11 Å². The third kappa shape index (κ3) is 3.55. The zero-order chi connectivity index (χ0) is 21.3. The van der Waals surface area contributed by atoms with E-state index in [9.17, 15) is 14.0 Å². The summed E-state index contributed by atoms with van der Waals surface area (Å²) >= 11 is 5.24. The highest BCUT2D eigenvalue weighted by Crippen LogP contribution is 2.24. The van der Waals surface area contributed by atoms with Gasteiger partial charge in [-0.15, -0.1) is 0 Å². The number of thiocarbonyl (C=S) groups is 1. The van der Waals surface area contributed by atoms with E-state index in [0.29, 0.717) is 17.1 Å². The molecule has 0 saturated carbocycles. The van der Waals surface area contributed by atoms with E-state index >= 15 is 0 Å². The maximum atomic E-state index is 14.2. The molecule has 7 heteroatoms. The van der Waals surface area contributed by atoms with Crippen LogP contribution < -0.4 is 10.2 Å². The summed E-state index contributed by atoms with van der Waals surface area (Å²) in [5.74, 6) is -1.53. The van der Waals surface area contributed by atoms with E-state index in [2.05, 4.69) is 5.32 Å². The predicted octanol–water partition coefficient (Wildman–Crippen LogP) is 4.01. The summed E-state index contributed by atoms with van der Waals surface area (Å²) in [4.78, 5) is 27.0. The summed E-state index contributed by atoms with van der Waals surface area (Å²) in [6.45, 7) is 2.04. The summed E-state index contributed by atoms with van der Waals surface area (Å²) in [7, 11) is 0. The first kappa shape index (κ1) is 19.7. The standard InChI is InChI=1S/C23H18FN3O2S/c1-2-15-9-11-16(12-10-15)27-22(29)18(21(28)25-23(27)30)14-17-6-5-13-26(17)20-8-4-3-7-19(20)24/h3-14H,2H2,1H3,(H,25,28,30)/b18-14+. The molecule has 1 aromatic heterocycles. The van der Waals surface area contributed by atoms with E-state index in [1.807, 2.05) is 19.1 Å². The smallest absolute Gasteiger partial charge is 0.270 e. The minimum atomic E-state index is -0.590. The average Bonchev–Trinajstić information content (AvgIpc) is 3.20. The molecule has 0 bridgehead atoms. The molecule has 30 heavy (non-hydrogen) atoms. The van der Waals surface area contributed by atoms with Crippen LogP contribution in [0.15, 0.2) is 72.4 Å². The molecule has 4 rings (SSSR count). The molecule has 0 spiro atoms. The second kappa shape index (κ2) is 8.04. The van der Waals surface area contributed by atoms with E-state index in [4.69, 9.17) is 12.2 Å². The number of nitrogens with one attached hydrogen (secondary N) is 1. The van der Waals surface area contributed by atoms with Crippen LogP contribution in [0.4, 0.5) is 10.1 Å². The first-order valence-corrected chi connectivity index (χ1v) is 9.83. The Morgan fingerprint density at radius 1 is 1.03 bits per heavy atom. The van der Waals surface area contributed by atoms with Crippen LogP contribution in [0.5, 0.6) is 0 Å². The molecule has 0 atom stereocenters. The SMILES string of the molecule is CCc1ccc(N2C(=O)/C(=C/c3cccn3-c3ccccc3F)C(=O)NC2=S)cc1. The summed E-state index contributed by atoms with van der Waals surface area (Å²) in [6, 6.07) is 17.1. The number of benzene rings is 2. The minimum absolute atomic E-state index is 0.0240. The fourth-order valence-electron chi connectivity index (χ4n) is 3.30. The molecule has 2 amide bonds. The van der Waals surface area contributed by atoms with Crippen LogP contribution >= 0.6 is 12.2 Å². The van der Waals surface area contributed by atoms with Crippen molar-refractivity contribution in [3.63, 3.8) is 0 Å². The molecule has 1 aliphatic heterocycles. The molecule has 0 unspecified atom stereocenters. The minimum Gasteiger partial charge on any atom is -0.314 e. The fourth-order valence-corrected chi connectivity index (χ4v) is 3.58. The van der Waals surface area contributed by atoms with Crippen molar-refractivity contribution in [3.05, 3.63) is 89.5 Å². The summed E-state index contributed by atoms with van der Waals surface area (Å²) < 4.78 is 15.8. The second-order valence-corrected chi connectivity index (χ2v) is 7.12. The number of nitrogens with zero attached hydrogens (tertiary/aromatic N) is 2. The molecule has 5 nitrogen and oxygen atoms in total. The maximum Gasteiger partial charge on any atom is 0.270 e. The van der Waals surface area contributed by atoms with Gasteiger partial charge >= 0.3 is 0 Å². The number of hydrogen-bond acceptors (Lipinski definition) is 3. The zero-order valence-electron chi connectivity index (χ0n) is 16.1. The summed E-state index contributed by atoms with van der Waals surface area (Å²) in [5, 5.41) is 2.59. The number of halogens is 1. The van der Waals surface area contributed by atoms with Gasteiger partial charge in [-0.25, -0.2) is 4.39 Å². The van der Waals surface area contributed by atoms with Crippen molar-refractivity contribution in [1.82, 2.24) is 9.88 Å². The van der Waals surface area contributed by atoms with Gasteiger partial charge in [-0.1, -0.05) is 31.2 Å². The van der Waals surface area contributed by atoms with Crippen LogP contribution in [0.25, 0.3) is 11.8 Å². The molecule has 1 N–H and O–H groups in total. The van der Waals surface area contributed by atoms with Crippen molar-refractivity contribution < 1.29 is 14.0 Å². The molecular formula is C23H18FN3O2S. The van der Waals surface area contributed by atoms with Crippen LogP contribution in [0.3, 0.4) is 0 Å². The number of aryl methyl sites for hydroxylation is 1. The Bertz CT molecular complexity index is 1180. The lowest BCUT2D eigenvalue weighted by Crippen LogP contribution is -2.54. The lowest BCUT2D eigenvalue weighted by atomic mass is 10.1. The van der Waals surface area contributed by atoms with Crippen LogP contribution in [0.1, 0.15) is 18.2 Å². The van der Waals surface area contributed by atoms with Crippen molar-refractivity contribution in [2.45, 2.75) is 13.3 Å². The number of aromatic nitrogens is 1. The first-order chi connectivity index (χ1) is 14.5. The number of carbonyl (C=O) groups is 2. The quantitative estimate of drug-likeness (QED) is 0.395. The van der Waals surface area contributed by atoms with Gasteiger partial charge in [0.05, 0.1) is 11.4 Å². The molecule has 1 saturated heterocycles. The van der Waals surface area contributed by atoms with Crippen molar-refractivity contribution >= 4 is 40.9 Å². The van der Waals surface area contributed by atoms with Crippen LogP contribution in [0, 0.1) is 5.82 Å². The van der Waals surface area contributed by atoms with Gasteiger partial charge in [0.25, 0.3) is 11.8 Å². The number of hydrogen-bond donors (Lipinski definition) is 1. The van der Waals surface area contributed by atoms with Crippen molar-refractivity contribution in [3.8, 4) is 5.69 Å². The normalized spacial score (nSPS) is 15.6. The Morgan fingerprint density at radius 3 is 2.47 bits per heavy atom. The Labute approximate surface area is 178 Å². The fraction of sp³-hybridized carbons (Fsp3) is 0.0870. The monoisotopic (exact) mass is 419 g/mol. The van der Waals surface area contributed by atoms with E-state index in [0.717, 1.165) is 12.0 Å². The van der Waals surface area contributed by atoms with Gasteiger partial charge in [0.2, 0.25) is 0 Å². The van der Waals surface area contributed by atoms with E-state index in [1.54, 1.807) is 53.2 Å². The Balaban J connectivity index is 1.74. The third-order valence-electron chi connectivity index (χ3n) is 4.89. The molecule has 2 heterocycles. The molecular weight excluding hydrogens is 401 g/mol. The third-order valence-corrected chi connectivity index (χ3v) is 5.17. The lowest BCUT2D eigenvalue weighted by Gasteiger charge is -2.29. The lowest BCUT2D eigenvalue weighted by molar-refractivity contribution is -0.122. The van der Waals surface area contributed by atoms with Crippen molar-refractivity contribution in [2.24, 2.45) is 0 Å². The number of anilines is 1. The average molecular weight is 419 g/mol. The number of para-hydroxylation sites is 1. The Hall–Kier alpha value is -3.58. The highest BCUT2D eigenvalue weighted by Gasteiger charge is 2.34. The molecule has 1 aliphatic rings. The van der Waals surface area contributed by atoms with Gasteiger partial charge < -0.3 is 4.57 Å². The van der Waals surface area contributed by atoms with E-state index in [-0.39, 0.29) is 10.7 Å². The first-order valence-electron chi connectivity index (χ1n) is 9.42. The molecule has 0 radical (unpaired) electrons. The Kier molecular flexibility index (Phi) is 5.29. The van der Waals surface area contributed by atoms with Gasteiger partial charge in [-0.05, 0) is 66.7 Å². The van der Waals surface area contributed by atoms with Crippen molar-refractivity contribution in [1.29, 1.82) is 0 Å². The molecule has 0 aliphatic carbocycles. The topological polar surface area (TPSA) is 54.3 Å². The van der Waals surface area contributed by atoms with E-state index in [1.165, 1.54) is 17.0 Å². The summed E-state index contributed by atoms with van der Waals surface area (Å²) in [6.07, 6.45) is 3.98. The number of carbonyl (C=O) groups excluding carboxylic acids is 2. The molecule has 150 valence electrons. The Morgan fingerprint density at radius 2 is 1.77 bits per heavy atom. The van der Waals surface area contributed by atoms with Crippen LogP contribution in [0.2, 0.25) is 0 Å². The molecule has 1 fully saturated rings. The second-order valence-electron chi connectivity index (χ2n) is 6.73. The highest BCUT2D eigenvalue weighted by atomic mass is 32.1. The summed E-state index contributed by atoms with van der Waals surface area (Å²) in [5.41, 5.74) is 2.42. The maximum absolute atomic E-state index is 14.2. The largest absolute Gasteiger partial charge is 0.314 e. The number of rotatable bonds is 4. The van der Waals surface area contributed by atoms with Crippen molar-refractivity contribution in [2.75, 3.05) is 4.90 Å². The zero-order valence-corrected chi connectivity index (χ0v) is 16.9. The highest BCUT2D eigenvalue weighted by molar-refractivity contribution is 7.80. The van der Waals surface area contributed by atoms with Gasteiger partial charge in [0.1, 0.15) is 11.4 Å². The van der Waals surface area contributed by atoms with Gasteiger partial charge in [-0.3, -0.25) is 19.8 Å². The van der Waals surface area contributed by atoms with Crippen LogP contribution in [-0.4, -0.2) is 21.5 Å². The van der Waals surface area contributed by atoms with Gasteiger partial charge in [-0.2, -0.15) is 0 Å². The number of amides is 2. The van der Waals surface area contributed by atoms with E-state index < -0.39 is 17.6 Å². The van der Waals surface area contributed by atoms with Gasteiger partial charge in [0, 0.05) is 11.9 Å². The predicted molar refractivity (Wildman–Crippen MR) is 118 cm³/mol. The molecule has 3 aromatic rings. The van der Waals surface area contributed by atoms with Crippen LogP contribution in [-0.2, 0) is 16.0 Å². The molecule has 2 aromatic carbocycles.